The number of nitrogens with zero attached hydrogens (tertiary/aromatic N) is 3. The summed E-state index contributed by atoms with van der Waals surface area (Å²) in [6, 6.07) is 57.9. The van der Waals surface area contributed by atoms with E-state index >= 15 is 0 Å². The third-order valence-corrected chi connectivity index (χ3v) is 7.96. The van der Waals surface area contributed by atoms with Crippen LogP contribution in [0.3, 0.4) is 0 Å². The molecule has 0 aliphatic heterocycles. The van der Waals surface area contributed by atoms with E-state index in [1.54, 1.807) is 0 Å². The fourth-order valence-electron chi connectivity index (χ4n) is 5.97. The number of benzene rings is 7. The molecule has 0 radical (unpaired) electrons. The topological polar surface area (TPSA) is 21.1 Å². The van der Waals surface area contributed by atoms with Crippen LogP contribution in [0, 0.1) is 0 Å². The van der Waals surface area contributed by atoms with Gasteiger partial charge in [-0.15, -0.1) is 0 Å². The smallest absolute Gasteiger partial charge is 0.145 e. The van der Waals surface area contributed by atoms with Crippen molar-refractivity contribution in [1.82, 2.24) is 9.55 Å². The van der Waals surface area contributed by atoms with E-state index in [1.165, 1.54) is 21.5 Å². The van der Waals surface area contributed by atoms with Crippen LogP contribution in [-0.2, 0) is 0 Å². The molecule has 0 amide bonds. The molecule has 0 unspecified atom stereocenters. The van der Waals surface area contributed by atoms with Crippen LogP contribution in [0.2, 0.25) is 0 Å². The number of rotatable bonds is 5. The Hall–Kier alpha value is -5.67. The molecule has 42 heavy (non-hydrogen) atoms. The van der Waals surface area contributed by atoms with Crippen LogP contribution in [0.1, 0.15) is 0 Å². The van der Waals surface area contributed by atoms with E-state index in [1.807, 2.05) is 0 Å². The largest absolute Gasteiger partial charge is 0.310 e. The van der Waals surface area contributed by atoms with Gasteiger partial charge in [-0.25, -0.2) is 4.98 Å². The van der Waals surface area contributed by atoms with Crippen molar-refractivity contribution in [2.75, 3.05) is 4.90 Å². The second kappa shape index (κ2) is 10.1. The van der Waals surface area contributed by atoms with Crippen molar-refractivity contribution in [3.8, 4) is 17.1 Å². The normalized spacial score (nSPS) is 11.3. The molecule has 198 valence electrons. The Balaban J connectivity index is 1.28. The van der Waals surface area contributed by atoms with Gasteiger partial charge in [0.2, 0.25) is 0 Å². The fourth-order valence-corrected chi connectivity index (χ4v) is 5.97. The molecule has 0 aliphatic carbocycles. The van der Waals surface area contributed by atoms with Gasteiger partial charge >= 0.3 is 0 Å². The Morgan fingerprint density at radius 3 is 1.95 bits per heavy atom. The average Bonchev–Trinajstić information content (AvgIpc) is 3.45. The Kier molecular flexibility index (Phi) is 5.79. The summed E-state index contributed by atoms with van der Waals surface area (Å²) >= 11 is 0. The minimum atomic E-state index is 0.927. The third kappa shape index (κ3) is 4.11. The molecular formula is C39H27N3. The third-order valence-electron chi connectivity index (χ3n) is 7.96. The minimum Gasteiger partial charge on any atom is -0.310 e. The quantitative estimate of drug-likeness (QED) is 0.218. The summed E-state index contributed by atoms with van der Waals surface area (Å²) < 4.78 is 2.30. The predicted octanol–water partition coefficient (Wildman–Crippen LogP) is 10.5. The molecule has 1 heterocycles. The van der Waals surface area contributed by atoms with Crippen LogP contribution < -0.4 is 4.90 Å². The minimum absolute atomic E-state index is 0.927. The molecular weight excluding hydrogens is 510 g/mol. The van der Waals surface area contributed by atoms with Crippen molar-refractivity contribution in [2.45, 2.75) is 0 Å². The maximum atomic E-state index is 5.14. The number of para-hydroxylation sites is 3. The van der Waals surface area contributed by atoms with Crippen molar-refractivity contribution < 1.29 is 0 Å². The molecule has 8 rings (SSSR count). The first-order valence-corrected chi connectivity index (χ1v) is 14.2. The van der Waals surface area contributed by atoms with Gasteiger partial charge in [0.25, 0.3) is 0 Å². The number of hydrogen-bond acceptors (Lipinski definition) is 2. The van der Waals surface area contributed by atoms with Crippen molar-refractivity contribution in [3.63, 3.8) is 0 Å². The van der Waals surface area contributed by atoms with E-state index in [4.69, 9.17) is 4.98 Å². The van der Waals surface area contributed by atoms with Crippen LogP contribution in [0.25, 0.3) is 49.7 Å². The number of anilines is 3. The first-order valence-electron chi connectivity index (χ1n) is 14.2. The number of aromatic nitrogens is 2. The summed E-state index contributed by atoms with van der Waals surface area (Å²) in [6.45, 7) is 0. The summed E-state index contributed by atoms with van der Waals surface area (Å²) in [4.78, 5) is 7.45. The van der Waals surface area contributed by atoms with Gasteiger partial charge in [0, 0.05) is 28.0 Å². The average molecular weight is 538 g/mol. The van der Waals surface area contributed by atoms with Crippen molar-refractivity contribution in [3.05, 3.63) is 164 Å². The lowest BCUT2D eigenvalue weighted by Gasteiger charge is -2.26. The van der Waals surface area contributed by atoms with Crippen LogP contribution in [-0.4, -0.2) is 9.55 Å². The van der Waals surface area contributed by atoms with E-state index in [0.717, 1.165) is 45.2 Å². The van der Waals surface area contributed by atoms with E-state index in [9.17, 15) is 0 Å². The molecule has 0 spiro atoms. The molecule has 0 aliphatic rings. The molecule has 0 bridgehead atoms. The van der Waals surface area contributed by atoms with Crippen molar-refractivity contribution in [2.24, 2.45) is 0 Å². The monoisotopic (exact) mass is 537 g/mol. The standard InChI is InChI=1S/C39H27N3/c1-2-15-32(16-3-1)41(34-26-21-28-11-4-5-13-31(28)27-34)33-24-22-30(23-25-33)39-40-36-18-8-9-19-38(36)42(39)37-20-10-14-29-12-6-7-17-35(29)37/h1-27H. The maximum Gasteiger partial charge on any atom is 0.145 e. The SMILES string of the molecule is c1ccc(N(c2ccc(-c3nc4ccccc4n3-c3cccc4ccccc34)cc2)c2ccc3ccccc3c2)cc1. The molecule has 0 fully saturated rings. The zero-order chi connectivity index (χ0) is 27.9. The number of imidazole rings is 1. The van der Waals surface area contributed by atoms with Gasteiger partial charge in [0.05, 0.1) is 16.7 Å². The summed E-state index contributed by atoms with van der Waals surface area (Å²) in [5.41, 5.74) is 7.59. The van der Waals surface area contributed by atoms with Gasteiger partial charge < -0.3 is 4.90 Å². The van der Waals surface area contributed by atoms with Gasteiger partial charge in [-0.2, -0.15) is 0 Å². The fraction of sp³-hybridized carbons (Fsp3) is 0. The lowest BCUT2D eigenvalue weighted by Crippen LogP contribution is -2.09. The number of fused-ring (bicyclic) bond motifs is 3. The molecule has 7 aromatic carbocycles. The van der Waals surface area contributed by atoms with Crippen LogP contribution in [0.15, 0.2) is 164 Å². The molecule has 0 N–H and O–H groups in total. The van der Waals surface area contributed by atoms with Gasteiger partial charge in [-0.3, -0.25) is 4.57 Å². The highest BCUT2D eigenvalue weighted by atomic mass is 15.1. The molecule has 0 saturated heterocycles. The van der Waals surface area contributed by atoms with E-state index in [0.29, 0.717) is 0 Å². The first-order chi connectivity index (χ1) is 20.8. The zero-order valence-corrected chi connectivity index (χ0v) is 22.9. The van der Waals surface area contributed by atoms with Crippen molar-refractivity contribution >= 4 is 49.6 Å². The summed E-state index contributed by atoms with van der Waals surface area (Å²) in [7, 11) is 0. The molecule has 3 nitrogen and oxygen atoms in total. The second-order valence-electron chi connectivity index (χ2n) is 10.5. The highest BCUT2D eigenvalue weighted by Crippen LogP contribution is 2.38. The zero-order valence-electron chi connectivity index (χ0n) is 22.9. The highest BCUT2D eigenvalue weighted by molar-refractivity contribution is 5.94. The maximum absolute atomic E-state index is 5.14. The van der Waals surface area contributed by atoms with Crippen LogP contribution in [0.5, 0.6) is 0 Å². The molecule has 8 aromatic rings. The Morgan fingerprint density at radius 2 is 1.10 bits per heavy atom. The molecule has 3 heteroatoms. The van der Waals surface area contributed by atoms with E-state index in [2.05, 4.69) is 173 Å². The number of hydrogen-bond donors (Lipinski definition) is 0. The second-order valence-corrected chi connectivity index (χ2v) is 10.5. The summed E-state index contributed by atoms with van der Waals surface area (Å²) in [5.74, 6) is 0.927. The van der Waals surface area contributed by atoms with Gasteiger partial charge in [0.15, 0.2) is 0 Å². The first kappa shape index (κ1) is 24.2. The lowest BCUT2D eigenvalue weighted by molar-refractivity contribution is 1.11. The van der Waals surface area contributed by atoms with Crippen LogP contribution in [0.4, 0.5) is 17.1 Å². The van der Waals surface area contributed by atoms with Gasteiger partial charge in [-0.05, 0) is 82.9 Å². The van der Waals surface area contributed by atoms with Crippen LogP contribution >= 0.6 is 0 Å². The summed E-state index contributed by atoms with van der Waals surface area (Å²) in [5, 5.41) is 4.86. The van der Waals surface area contributed by atoms with Crippen molar-refractivity contribution in [1.29, 1.82) is 0 Å². The van der Waals surface area contributed by atoms with Gasteiger partial charge in [0.1, 0.15) is 5.82 Å². The predicted molar refractivity (Wildman–Crippen MR) is 176 cm³/mol. The molecule has 0 atom stereocenters. The van der Waals surface area contributed by atoms with E-state index < -0.39 is 0 Å². The highest BCUT2D eigenvalue weighted by Gasteiger charge is 2.18. The Morgan fingerprint density at radius 1 is 0.452 bits per heavy atom. The molecule has 0 saturated carbocycles. The molecule has 1 aromatic heterocycles. The van der Waals surface area contributed by atoms with Gasteiger partial charge in [-0.1, -0.05) is 97.1 Å². The Labute approximate surface area is 244 Å². The van der Waals surface area contributed by atoms with E-state index in [-0.39, 0.29) is 0 Å². The summed E-state index contributed by atoms with van der Waals surface area (Å²) in [6.07, 6.45) is 0. The lowest BCUT2D eigenvalue weighted by atomic mass is 10.1. The Bertz CT molecular complexity index is 2190.